The molecule has 5 heteroatoms. The molecule has 0 unspecified atom stereocenters. The van der Waals surface area contributed by atoms with Crippen LogP contribution in [0.2, 0.25) is 0 Å². The number of rotatable bonds is 4. The van der Waals surface area contributed by atoms with Gasteiger partial charge in [-0.05, 0) is 30.5 Å². The lowest BCUT2D eigenvalue weighted by Gasteiger charge is -2.03. The number of nitrogens with zero attached hydrogens (tertiary/aromatic N) is 1. The van der Waals surface area contributed by atoms with Gasteiger partial charge in [-0.2, -0.15) is 0 Å². The van der Waals surface area contributed by atoms with Crippen LogP contribution in [0.5, 0.6) is 0 Å². The van der Waals surface area contributed by atoms with Crippen molar-refractivity contribution in [2.45, 2.75) is 13.3 Å². The molecule has 1 rings (SSSR count). The van der Waals surface area contributed by atoms with Gasteiger partial charge in [0.1, 0.15) is 5.69 Å². The van der Waals surface area contributed by atoms with Crippen molar-refractivity contribution in [2.75, 3.05) is 11.6 Å². The third-order valence-electron chi connectivity index (χ3n) is 2.17. The normalized spacial score (nSPS) is 10.9. The standard InChI is InChI=1S/C11H13ClN2O2/c1-8-6-9(4-2-3-5-12)7-10(11(8)13)14(15)16/h2,4,6-7H,3,5,13H2,1H3. The van der Waals surface area contributed by atoms with Gasteiger partial charge >= 0.3 is 0 Å². The molecule has 4 nitrogen and oxygen atoms in total. The quantitative estimate of drug-likeness (QED) is 0.380. The van der Waals surface area contributed by atoms with Crippen LogP contribution in [0.1, 0.15) is 17.5 Å². The van der Waals surface area contributed by atoms with E-state index < -0.39 is 4.92 Å². The monoisotopic (exact) mass is 240 g/mol. The molecule has 0 radical (unpaired) electrons. The van der Waals surface area contributed by atoms with Crippen molar-refractivity contribution >= 4 is 29.1 Å². The largest absolute Gasteiger partial charge is 0.393 e. The van der Waals surface area contributed by atoms with E-state index in [0.29, 0.717) is 11.4 Å². The summed E-state index contributed by atoms with van der Waals surface area (Å²) in [5.41, 5.74) is 7.27. The van der Waals surface area contributed by atoms with Crippen LogP contribution in [0, 0.1) is 17.0 Å². The number of aryl methyl sites for hydroxylation is 1. The van der Waals surface area contributed by atoms with Crippen molar-refractivity contribution < 1.29 is 4.92 Å². The molecule has 0 amide bonds. The summed E-state index contributed by atoms with van der Waals surface area (Å²) in [5.74, 6) is 0.534. The Morgan fingerprint density at radius 2 is 2.25 bits per heavy atom. The number of nitrogen functional groups attached to an aromatic ring is 1. The molecule has 16 heavy (non-hydrogen) atoms. The maximum absolute atomic E-state index is 10.7. The van der Waals surface area contributed by atoms with Gasteiger partial charge in [0.15, 0.2) is 0 Å². The number of halogens is 1. The summed E-state index contributed by atoms with van der Waals surface area (Å²) in [4.78, 5) is 10.3. The first kappa shape index (κ1) is 12.5. The molecule has 0 heterocycles. The predicted octanol–water partition coefficient (Wildman–Crippen LogP) is 3.13. The average molecular weight is 241 g/mol. The molecule has 1 aromatic rings. The fraction of sp³-hybridized carbons (Fsp3) is 0.273. The van der Waals surface area contributed by atoms with Gasteiger partial charge in [-0.25, -0.2) is 0 Å². The molecular formula is C11H13ClN2O2. The second-order valence-electron chi connectivity index (χ2n) is 3.41. The second-order valence-corrected chi connectivity index (χ2v) is 3.79. The number of allylic oxidation sites excluding steroid dienone is 1. The van der Waals surface area contributed by atoms with Gasteiger partial charge in [0, 0.05) is 11.9 Å². The molecule has 1 aromatic carbocycles. The number of nitro groups is 1. The van der Waals surface area contributed by atoms with Crippen LogP contribution in [0.25, 0.3) is 6.08 Å². The van der Waals surface area contributed by atoms with Gasteiger partial charge in [-0.3, -0.25) is 10.1 Å². The highest BCUT2D eigenvalue weighted by atomic mass is 35.5. The van der Waals surface area contributed by atoms with Crippen molar-refractivity contribution in [2.24, 2.45) is 0 Å². The smallest absolute Gasteiger partial charge is 0.292 e. The first-order chi connectivity index (χ1) is 7.56. The minimum absolute atomic E-state index is 0.0504. The van der Waals surface area contributed by atoms with Crippen LogP contribution >= 0.6 is 11.6 Å². The van der Waals surface area contributed by atoms with Crippen LogP contribution in [0.15, 0.2) is 18.2 Å². The van der Waals surface area contributed by atoms with E-state index in [9.17, 15) is 10.1 Å². The maximum Gasteiger partial charge on any atom is 0.292 e. The molecule has 0 aliphatic carbocycles. The van der Waals surface area contributed by atoms with Crippen LogP contribution in [0.3, 0.4) is 0 Å². The molecule has 0 bridgehead atoms. The van der Waals surface area contributed by atoms with E-state index in [1.807, 2.05) is 18.2 Å². The zero-order valence-electron chi connectivity index (χ0n) is 8.94. The Hall–Kier alpha value is -1.55. The maximum atomic E-state index is 10.7. The lowest BCUT2D eigenvalue weighted by Crippen LogP contribution is -1.98. The Morgan fingerprint density at radius 3 is 2.81 bits per heavy atom. The average Bonchev–Trinajstić information content (AvgIpc) is 2.23. The van der Waals surface area contributed by atoms with Gasteiger partial charge in [0.25, 0.3) is 5.69 Å². The molecule has 0 aliphatic rings. The van der Waals surface area contributed by atoms with Crippen molar-refractivity contribution in [3.8, 4) is 0 Å². The Kier molecular flexibility index (Phi) is 4.31. The number of alkyl halides is 1. The fourth-order valence-electron chi connectivity index (χ4n) is 1.34. The Bertz CT molecular complexity index is 430. The Balaban J connectivity index is 3.09. The number of nitrogens with two attached hydrogens (primary N) is 1. The summed E-state index contributed by atoms with van der Waals surface area (Å²) in [6, 6.07) is 3.28. The molecule has 0 fully saturated rings. The highest BCUT2D eigenvalue weighted by Crippen LogP contribution is 2.27. The topological polar surface area (TPSA) is 69.2 Å². The van der Waals surface area contributed by atoms with Gasteiger partial charge in [-0.15, -0.1) is 11.6 Å². The van der Waals surface area contributed by atoms with Crippen LogP contribution in [-0.2, 0) is 0 Å². The predicted molar refractivity (Wildman–Crippen MR) is 66.6 cm³/mol. The second kappa shape index (κ2) is 5.51. The highest BCUT2D eigenvalue weighted by molar-refractivity contribution is 6.17. The van der Waals surface area contributed by atoms with Gasteiger partial charge < -0.3 is 5.73 Å². The minimum Gasteiger partial charge on any atom is -0.393 e. The molecule has 0 aromatic heterocycles. The fourth-order valence-corrected chi connectivity index (χ4v) is 1.46. The summed E-state index contributed by atoms with van der Waals surface area (Å²) in [7, 11) is 0. The van der Waals surface area contributed by atoms with Crippen molar-refractivity contribution in [1.29, 1.82) is 0 Å². The van der Waals surface area contributed by atoms with E-state index >= 15 is 0 Å². The number of benzene rings is 1. The van der Waals surface area contributed by atoms with Crippen molar-refractivity contribution in [1.82, 2.24) is 0 Å². The van der Waals surface area contributed by atoms with E-state index in [0.717, 1.165) is 12.0 Å². The summed E-state index contributed by atoms with van der Waals surface area (Å²) < 4.78 is 0. The minimum atomic E-state index is -0.471. The molecule has 0 saturated heterocycles. The summed E-state index contributed by atoms with van der Waals surface area (Å²) in [6.07, 6.45) is 4.42. The third-order valence-corrected chi connectivity index (χ3v) is 2.39. The van der Waals surface area contributed by atoms with E-state index in [4.69, 9.17) is 17.3 Å². The van der Waals surface area contributed by atoms with E-state index in [2.05, 4.69) is 0 Å². The molecule has 0 atom stereocenters. The molecule has 0 spiro atoms. The van der Waals surface area contributed by atoms with Crippen LogP contribution in [-0.4, -0.2) is 10.8 Å². The van der Waals surface area contributed by atoms with Crippen molar-refractivity contribution in [3.63, 3.8) is 0 Å². The molecule has 0 aliphatic heterocycles. The summed E-state index contributed by atoms with van der Waals surface area (Å²) in [5, 5.41) is 10.7. The molecule has 0 saturated carbocycles. The van der Waals surface area contributed by atoms with E-state index in [1.54, 1.807) is 6.92 Å². The lowest BCUT2D eigenvalue weighted by molar-refractivity contribution is -0.383. The molecular weight excluding hydrogens is 228 g/mol. The number of hydrogen-bond acceptors (Lipinski definition) is 3. The SMILES string of the molecule is Cc1cc(C=CCCCl)cc([N+](=O)[O-])c1N. The summed E-state index contributed by atoms with van der Waals surface area (Å²) >= 11 is 5.53. The lowest BCUT2D eigenvalue weighted by atomic mass is 10.1. The van der Waals surface area contributed by atoms with Gasteiger partial charge in [-0.1, -0.05) is 12.2 Å². The first-order valence-electron chi connectivity index (χ1n) is 4.83. The molecule has 86 valence electrons. The Labute approximate surface area is 98.9 Å². The highest BCUT2D eigenvalue weighted by Gasteiger charge is 2.13. The van der Waals surface area contributed by atoms with Crippen LogP contribution < -0.4 is 5.73 Å². The zero-order valence-corrected chi connectivity index (χ0v) is 9.70. The van der Waals surface area contributed by atoms with Gasteiger partial charge in [0.05, 0.1) is 4.92 Å². The first-order valence-corrected chi connectivity index (χ1v) is 5.36. The zero-order chi connectivity index (χ0) is 12.1. The number of nitro benzene ring substituents is 1. The summed E-state index contributed by atoms with van der Waals surface area (Å²) in [6.45, 7) is 1.75. The van der Waals surface area contributed by atoms with E-state index in [1.165, 1.54) is 6.07 Å². The molecule has 2 N–H and O–H groups in total. The number of hydrogen-bond donors (Lipinski definition) is 1. The van der Waals surface area contributed by atoms with Crippen LogP contribution in [0.4, 0.5) is 11.4 Å². The third kappa shape index (κ3) is 2.97. The Morgan fingerprint density at radius 1 is 1.56 bits per heavy atom. The van der Waals surface area contributed by atoms with Crippen molar-refractivity contribution in [3.05, 3.63) is 39.4 Å². The van der Waals surface area contributed by atoms with Gasteiger partial charge in [0.2, 0.25) is 0 Å². The number of anilines is 1. The van der Waals surface area contributed by atoms with E-state index in [-0.39, 0.29) is 11.4 Å².